The van der Waals surface area contributed by atoms with Crippen LogP contribution in [0, 0.1) is 5.92 Å². The third-order valence-corrected chi connectivity index (χ3v) is 6.37. The van der Waals surface area contributed by atoms with E-state index < -0.39 is 9.84 Å². The summed E-state index contributed by atoms with van der Waals surface area (Å²) < 4.78 is 31.9. The predicted molar refractivity (Wildman–Crippen MR) is 115 cm³/mol. The van der Waals surface area contributed by atoms with Gasteiger partial charge in [-0.3, -0.25) is 9.48 Å². The maximum atomic E-state index is 12.8. The van der Waals surface area contributed by atoms with Crippen molar-refractivity contribution in [2.24, 2.45) is 5.92 Å². The Bertz CT molecular complexity index is 1260. The maximum Gasteiger partial charge on any atom is 0.279 e. The van der Waals surface area contributed by atoms with Crippen LogP contribution in [0.15, 0.2) is 27.9 Å². The summed E-state index contributed by atoms with van der Waals surface area (Å²) in [5.74, 6) is 1.38. The van der Waals surface area contributed by atoms with Crippen molar-refractivity contribution < 1.29 is 13.2 Å². The Hall–Kier alpha value is -2.68. The van der Waals surface area contributed by atoms with Crippen molar-refractivity contribution in [3.63, 3.8) is 0 Å². The highest BCUT2D eigenvalue weighted by atomic mass is 32.2. The van der Waals surface area contributed by atoms with E-state index in [1.165, 1.54) is 25.0 Å². The number of aryl methyl sites for hydroxylation is 1. The number of hydrogen-bond acceptors (Lipinski definition) is 6. The number of ether oxygens (including phenoxy) is 1. The summed E-state index contributed by atoms with van der Waals surface area (Å²) in [6.45, 7) is 5.26. The van der Waals surface area contributed by atoms with Crippen LogP contribution >= 0.6 is 0 Å². The van der Waals surface area contributed by atoms with Crippen molar-refractivity contribution >= 4 is 20.9 Å². The normalized spacial score (nSPS) is 14.4. The van der Waals surface area contributed by atoms with Gasteiger partial charge >= 0.3 is 0 Å². The van der Waals surface area contributed by atoms with Gasteiger partial charge in [0, 0.05) is 12.8 Å². The largest absolute Gasteiger partial charge is 0.493 e. The Morgan fingerprint density at radius 1 is 1.23 bits per heavy atom. The summed E-state index contributed by atoms with van der Waals surface area (Å²) in [4.78, 5) is 20.5. The summed E-state index contributed by atoms with van der Waals surface area (Å²) in [7, 11) is -3.43. The third kappa shape index (κ3) is 3.98. The minimum atomic E-state index is -3.43. The van der Waals surface area contributed by atoms with Crippen LogP contribution in [0.25, 0.3) is 22.4 Å². The van der Waals surface area contributed by atoms with Crippen molar-refractivity contribution in [1.82, 2.24) is 19.7 Å². The van der Waals surface area contributed by atoms with Gasteiger partial charge in [-0.1, -0.05) is 13.8 Å². The molecule has 0 aliphatic heterocycles. The number of nitrogens with one attached hydrogen (secondary N) is 1. The van der Waals surface area contributed by atoms with E-state index in [1.54, 1.807) is 6.07 Å². The number of rotatable bonds is 8. The first-order chi connectivity index (χ1) is 14.3. The lowest BCUT2D eigenvalue weighted by Gasteiger charge is -2.12. The molecule has 0 saturated heterocycles. The van der Waals surface area contributed by atoms with Crippen LogP contribution in [-0.2, 0) is 22.8 Å². The van der Waals surface area contributed by atoms with Gasteiger partial charge in [-0.25, -0.2) is 13.4 Å². The zero-order chi connectivity index (χ0) is 21.5. The molecule has 0 radical (unpaired) electrons. The maximum absolute atomic E-state index is 12.8. The number of fused-ring (bicyclic) bond motifs is 1. The second-order valence-corrected chi connectivity index (χ2v) is 9.83. The standard InChI is InChI=1S/C21H26N4O4S/c1-4-10-29-17-9-8-14(30(3,27)28)11-15(17)20-22-18-16(5-2)25(12-13-6-7-13)24-19(18)21(26)23-20/h8-9,11,13H,4-7,10,12H2,1-3H3,(H,22,23,26). The Morgan fingerprint density at radius 2 is 2.00 bits per heavy atom. The second-order valence-electron chi connectivity index (χ2n) is 7.82. The van der Waals surface area contributed by atoms with Crippen LogP contribution in [-0.4, -0.2) is 41.0 Å². The van der Waals surface area contributed by atoms with Crippen LogP contribution < -0.4 is 10.3 Å². The van der Waals surface area contributed by atoms with Crippen LogP contribution in [0.4, 0.5) is 0 Å². The molecule has 3 aromatic rings. The summed E-state index contributed by atoms with van der Waals surface area (Å²) >= 11 is 0. The Kier molecular flexibility index (Phi) is 5.40. The van der Waals surface area contributed by atoms with Gasteiger partial charge in [-0.2, -0.15) is 5.10 Å². The number of aromatic nitrogens is 4. The number of hydrogen-bond donors (Lipinski definition) is 1. The molecular formula is C21H26N4O4S. The highest BCUT2D eigenvalue weighted by molar-refractivity contribution is 7.90. The lowest BCUT2D eigenvalue weighted by molar-refractivity contribution is 0.318. The monoisotopic (exact) mass is 430 g/mol. The van der Waals surface area contributed by atoms with E-state index in [2.05, 4.69) is 10.1 Å². The summed E-state index contributed by atoms with van der Waals surface area (Å²) in [6.07, 6.45) is 5.01. The summed E-state index contributed by atoms with van der Waals surface area (Å²) in [5.41, 5.74) is 1.89. The molecule has 160 valence electrons. The molecule has 0 bridgehead atoms. The lowest BCUT2D eigenvalue weighted by Crippen LogP contribution is -2.11. The van der Waals surface area contributed by atoms with Crippen molar-refractivity contribution in [1.29, 1.82) is 0 Å². The Labute approximate surface area is 175 Å². The van der Waals surface area contributed by atoms with Gasteiger partial charge in [0.2, 0.25) is 0 Å². The fourth-order valence-electron chi connectivity index (χ4n) is 3.50. The average molecular weight is 431 g/mol. The van der Waals surface area contributed by atoms with E-state index in [0.717, 1.165) is 24.9 Å². The van der Waals surface area contributed by atoms with Gasteiger partial charge in [0.05, 0.1) is 22.8 Å². The van der Waals surface area contributed by atoms with Gasteiger partial charge in [0.1, 0.15) is 17.1 Å². The molecule has 0 amide bonds. The van der Waals surface area contributed by atoms with Crippen molar-refractivity contribution in [2.45, 2.75) is 51.0 Å². The number of benzene rings is 1. The van der Waals surface area contributed by atoms with E-state index in [9.17, 15) is 13.2 Å². The molecule has 30 heavy (non-hydrogen) atoms. The molecule has 1 fully saturated rings. The molecule has 1 aliphatic rings. The van der Waals surface area contributed by atoms with E-state index in [0.29, 0.717) is 41.3 Å². The molecule has 1 aromatic carbocycles. The average Bonchev–Trinajstić information content (AvgIpc) is 3.44. The predicted octanol–water partition coefficient (Wildman–Crippen LogP) is 2.95. The molecule has 2 heterocycles. The van der Waals surface area contributed by atoms with Crippen molar-refractivity contribution in [3.8, 4) is 17.1 Å². The highest BCUT2D eigenvalue weighted by Crippen LogP contribution is 2.33. The molecule has 0 unspecified atom stereocenters. The summed E-state index contributed by atoms with van der Waals surface area (Å²) in [5, 5.41) is 4.51. The zero-order valence-electron chi connectivity index (χ0n) is 17.4. The molecular weight excluding hydrogens is 404 g/mol. The Morgan fingerprint density at radius 3 is 2.63 bits per heavy atom. The number of sulfone groups is 1. The van der Waals surface area contributed by atoms with Crippen LogP contribution in [0.1, 0.15) is 38.8 Å². The fraction of sp³-hybridized carbons (Fsp3) is 0.476. The second kappa shape index (κ2) is 7.86. The first kappa shape index (κ1) is 20.6. The van der Waals surface area contributed by atoms with E-state index >= 15 is 0 Å². The van der Waals surface area contributed by atoms with Gasteiger partial charge in [-0.05, 0) is 49.8 Å². The quantitative estimate of drug-likeness (QED) is 0.589. The number of nitrogens with zero attached hydrogens (tertiary/aromatic N) is 3. The van der Waals surface area contributed by atoms with Crippen molar-refractivity contribution in [3.05, 3.63) is 34.2 Å². The molecule has 1 aliphatic carbocycles. The van der Waals surface area contributed by atoms with Crippen molar-refractivity contribution in [2.75, 3.05) is 12.9 Å². The molecule has 1 N–H and O–H groups in total. The molecule has 4 rings (SSSR count). The molecule has 8 nitrogen and oxygen atoms in total. The molecule has 9 heteroatoms. The van der Waals surface area contributed by atoms with E-state index in [4.69, 9.17) is 9.72 Å². The fourth-order valence-corrected chi connectivity index (χ4v) is 4.15. The molecule has 2 aromatic heterocycles. The van der Waals surface area contributed by atoms with Gasteiger partial charge < -0.3 is 9.72 Å². The number of aromatic amines is 1. The topological polar surface area (TPSA) is 107 Å². The van der Waals surface area contributed by atoms with E-state index in [1.807, 2.05) is 18.5 Å². The van der Waals surface area contributed by atoms with Gasteiger partial charge in [0.25, 0.3) is 5.56 Å². The zero-order valence-corrected chi connectivity index (χ0v) is 18.3. The summed E-state index contributed by atoms with van der Waals surface area (Å²) in [6, 6.07) is 4.62. The Balaban J connectivity index is 1.90. The minimum absolute atomic E-state index is 0.143. The van der Waals surface area contributed by atoms with Crippen LogP contribution in [0.2, 0.25) is 0 Å². The van der Waals surface area contributed by atoms with Crippen LogP contribution in [0.3, 0.4) is 0 Å². The first-order valence-corrected chi connectivity index (χ1v) is 12.2. The van der Waals surface area contributed by atoms with Gasteiger partial charge in [-0.15, -0.1) is 0 Å². The molecule has 1 saturated carbocycles. The van der Waals surface area contributed by atoms with Crippen LogP contribution in [0.5, 0.6) is 5.75 Å². The molecule has 0 spiro atoms. The lowest BCUT2D eigenvalue weighted by atomic mass is 10.1. The highest BCUT2D eigenvalue weighted by Gasteiger charge is 2.25. The van der Waals surface area contributed by atoms with Gasteiger partial charge in [0.15, 0.2) is 15.4 Å². The smallest absolute Gasteiger partial charge is 0.279 e. The van der Waals surface area contributed by atoms with E-state index in [-0.39, 0.29) is 16.3 Å². The first-order valence-electron chi connectivity index (χ1n) is 10.3. The number of H-pyrrole nitrogens is 1. The third-order valence-electron chi connectivity index (χ3n) is 5.26. The SMILES string of the molecule is CCCOc1ccc(S(C)(=O)=O)cc1-c1nc2c(CC)n(CC3CC3)nc2c(=O)[nH]1. The molecule has 0 atom stereocenters. The minimum Gasteiger partial charge on any atom is -0.493 e.